The first kappa shape index (κ1) is 76.5. The molecule has 2 aliphatic heterocycles. The Kier molecular flexibility index (Phi) is 29.3. The first-order valence-corrected chi connectivity index (χ1v) is 32.3. The molecule has 25 heteroatoms. The molecule has 2 saturated heterocycles. The van der Waals surface area contributed by atoms with Crippen molar-refractivity contribution >= 4 is 70.9 Å². The van der Waals surface area contributed by atoms with Gasteiger partial charge in [-0.2, -0.15) is 0 Å². The number of carbonyl (C=O) groups is 12. The second kappa shape index (κ2) is 35.2. The van der Waals surface area contributed by atoms with Crippen molar-refractivity contribution in [3.8, 4) is 0 Å². The topological polar surface area (TPSA) is 317 Å². The third kappa shape index (κ3) is 20.5. The highest BCUT2D eigenvalue weighted by molar-refractivity contribution is 6.09. The van der Waals surface area contributed by atoms with Gasteiger partial charge >= 0.3 is 0 Å². The van der Waals surface area contributed by atoms with Crippen LogP contribution in [0.2, 0.25) is 0 Å². The summed E-state index contributed by atoms with van der Waals surface area (Å²) < 4.78 is 0. The molecule has 2 aromatic carbocycles. The van der Waals surface area contributed by atoms with Gasteiger partial charge in [-0.1, -0.05) is 122 Å². The zero-order chi connectivity index (χ0) is 69.2. The van der Waals surface area contributed by atoms with Crippen molar-refractivity contribution in [3.05, 3.63) is 71.8 Å². The lowest BCUT2D eigenvalue weighted by atomic mass is 9.95. The predicted molar refractivity (Wildman–Crippen MR) is 347 cm³/mol. The van der Waals surface area contributed by atoms with Gasteiger partial charge in [-0.05, 0) is 94.6 Å². The van der Waals surface area contributed by atoms with Gasteiger partial charge in [0.05, 0.1) is 6.10 Å². The Morgan fingerprint density at radius 1 is 0.478 bits per heavy atom. The molecular weight excluding hydrogens is 1180 g/mol. The fourth-order valence-corrected chi connectivity index (χ4v) is 11.5. The van der Waals surface area contributed by atoms with E-state index in [0.717, 1.165) is 21.1 Å². The van der Waals surface area contributed by atoms with Crippen molar-refractivity contribution in [1.82, 2.24) is 61.3 Å². The van der Waals surface area contributed by atoms with Gasteiger partial charge in [-0.15, -0.1) is 0 Å². The minimum absolute atomic E-state index is 0.0628. The van der Waals surface area contributed by atoms with Crippen LogP contribution in [-0.4, -0.2) is 226 Å². The second-order valence-electron chi connectivity index (χ2n) is 26.2. The SMILES string of the molecule is CC[C@H](C)[C@@H]1NC(=O)[C@H](C)N(C)C(=O)[C@H]([C@@H](C)O)NC(=O)[C@H](C(C)C)N(C)C(=O)[C@H](CC(C)C)NC(=O)[C@H](CC(C)C)N(C)C(=O)[C@@H](C)N(C)C(=O)[C@@H](C(=O)N2CCCCC2)NC(=O)[C@H](Cc2ccccc2)NC(=O)[C@H](C)NC(=O)[C@H](Cc2ccccc2)N(C)C1=O. The van der Waals surface area contributed by atoms with Crippen molar-refractivity contribution in [3.63, 3.8) is 0 Å². The Morgan fingerprint density at radius 2 is 0.967 bits per heavy atom. The van der Waals surface area contributed by atoms with Crippen molar-refractivity contribution in [1.29, 1.82) is 0 Å². The van der Waals surface area contributed by atoms with Crippen LogP contribution in [0.25, 0.3) is 0 Å². The zero-order valence-corrected chi connectivity index (χ0v) is 57.1. The van der Waals surface area contributed by atoms with Crippen molar-refractivity contribution < 1.29 is 62.6 Å². The lowest BCUT2D eigenvalue weighted by Gasteiger charge is -2.37. The normalized spacial score (nSPS) is 26.9. The minimum Gasteiger partial charge on any atom is -0.391 e. The minimum atomic E-state index is -1.92. The van der Waals surface area contributed by atoms with E-state index in [1.54, 1.807) is 88.4 Å². The lowest BCUT2D eigenvalue weighted by Crippen LogP contribution is -2.63. The summed E-state index contributed by atoms with van der Waals surface area (Å²) in [6.07, 6.45) is 0.825. The molecule has 4 rings (SSSR count). The molecule has 92 heavy (non-hydrogen) atoms. The molecule has 0 spiro atoms. The zero-order valence-electron chi connectivity index (χ0n) is 57.1. The summed E-state index contributed by atoms with van der Waals surface area (Å²) in [4.78, 5) is 184. The average Bonchev–Trinajstić information content (AvgIpc) is 0.905. The number of nitrogens with one attached hydrogen (secondary N) is 6. The van der Waals surface area contributed by atoms with Gasteiger partial charge in [0.1, 0.15) is 60.4 Å². The fourth-order valence-electron chi connectivity index (χ4n) is 11.5. The summed E-state index contributed by atoms with van der Waals surface area (Å²) >= 11 is 0. The molecule has 2 aliphatic rings. The van der Waals surface area contributed by atoms with Gasteiger partial charge in [0.2, 0.25) is 59.1 Å². The largest absolute Gasteiger partial charge is 0.391 e. The number of likely N-dealkylation sites (tertiary alicyclic amines) is 1. The maximum absolute atomic E-state index is 15.0. The van der Waals surface area contributed by atoms with E-state index < -0.39 is 155 Å². The number of amides is 12. The molecule has 0 bridgehead atoms. The molecule has 0 unspecified atom stereocenters. The molecule has 2 aromatic rings. The monoisotopic (exact) mass is 1280 g/mol. The van der Waals surface area contributed by atoms with Gasteiger partial charge < -0.3 is 66.4 Å². The molecule has 0 radical (unpaired) electrons. The van der Waals surface area contributed by atoms with Crippen LogP contribution in [0, 0.1) is 23.7 Å². The van der Waals surface area contributed by atoms with Crippen LogP contribution in [-0.2, 0) is 70.4 Å². The number of aliphatic hydroxyl groups is 1. The number of carbonyl (C=O) groups excluding carboxylic acids is 12. The summed E-state index contributed by atoms with van der Waals surface area (Å²) in [6.45, 7) is 20.2. The van der Waals surface area contributed by atoms with Gasteiger partial charge in [-0.3, -0.25) is 57.5 Å². The van der Waals surface area contributed by atoms with E-state index >= 15 is 4.79 Å². The average molecular weight is 1290 g/mol. The predicted octanol–water partition coefficient (Wildman–Crippen LogP) is 1.78. The summed E-state index contributed by atoms with van der Waals surface area (Å²) in [5.74, 6) is -11.3. The van der Waals surface area contributed by atoms with E-state index in [2.05, 4.69) is 31.9 Å². The van der Waals surface area contributed by atoms with E-state index in [1.807, 2.05) is 27.7 Å². The first-order chi connectivity index (χ1) is 43.1. The van der Waals surface area contributed by atoms with Crippen molar-refractivity contribution in [2.45, 2.75) is 207 Å². The number of likely N-dealkylation sites (N-methyl/N-ethyl adjacent to an activating group) is 5. The Hall–Kier alpha value is -7.96. The number of benzene rings is 2. The standard InChI is InChI=1S/C67H104N12O13/c1-18-41(8)52-64(89)77(16)51(37-47-30-24-20-25-31-47)59(84)68-42(9)56(81)69-48(36-46-28-22-19-23-29-46)58(83)73-54(67(92)79-32-26-21-27-33-79)66(91)75(14)44(11)62(87)76(15)50(35-39(4)5)60(85)70-49(34-38(2)3)63(88)78(17)55(40(6)7)61(86)72-53(45(12)80)65(90)74(13)43(10)57(82)71-52/h19-20,22-25,28-31,38-45,48-55,80H,18,21,26-27,32-37H2,1-17H3,(H,68,84)(H,69,81)(H,70,85)(H,71,82)(H,72,86)(H,73,83)/t41-,42-,43-,44+,45+,48-,49-,50-,51-,52-,53-,54-,55-/m0/s1. The Morgan fingerprint density at radius 3 is 1.49 bits per heavy atom. The highest BCUT2D eigenvalue weighted by atomic mass is 16.3. The lowest BCUT2D eigenvalue weighted by molar-refractivity contribution is -0.153. The molecule has 0 aliphatic carbocycles. The number of aliphatic hydroxyl groups excluding tert-OH is 1. The summed E-state index contributed by atoms with van der Waals surface area (Å²) in [7, 11) is 6.74. The van der Waals surface area contributed by atoms with Crippen LogP contribution in [0.5, 0.6) is 0 Å². The first-order valence-electron chi connectivity index (χ1n) is 32.3. The maximum atomic E-state index is 15.0. The molecule has 2 fully saturated rings. The molecule has 12 amide bonds. The highest BCUT2D eigenvalue weighted by Gasteiger charge is 2.44. The van der Waals surface area contributed by atoms with E-state index in [1.165, 1.54) is 77.6 Å². The highest BCUT2D eigenvalue weighted by Crippen LogP contribution is 2.22. The number of piperidine rings is 1. The number of hydrogen-bond donors (Lipinski definition) is 7. The van der Waals surface area contributed by atoms with Crippen LogP contribution in [0.1, 0.15) is 133 Å². The molecular formula is C67H104N12O13. The fraction of sp³-hybridized carbons (Fsp3) is 0.642. The summed E-state index contributed by atoms with van der Waals surface area (Å²) in [6, 6.07) is 1.88. The third-order valence-corrected chi connectivity index (χ3v) is 17.7. The molecule has 0 aromatic heterocycles. The van der Waals surface area contributed by atoms with Crippen LogP contribution in [0.4, 0.5) is 0 Å². The summed E-state index contributed by atoms with van der Waals surface area (Å²) in [5.41, 5.74) is 1.21. The molecule has 25 nitrogen and oxygen atoms in total. The quantitative estimate of drug-likeness (QED) is 0.141. The van der Waals surface area contributed by atoms with E-state index in [4.69, 9.17) is 0 Å². The molecule has 0 saturated carbocycles. The van der Waals surface area contributed by atoms with Gasteiger partial charge in [0.15, 0.2) is 6.04 Å². The van der Waals surface area contributed by atoms with Crippen molar-refractivity contribution in [2.24, 2.45) is 23.7 Å². The Bertz CT molecular complexity index is 2890. The maximum Gasteiger partial charge on any atom is 0.255 e. The summed E-state index contributed by atoms with van der Waals surface area (Å²) in [5, 5.41) is 27.5. The smallest absolute Gasteiger partial charge is 0.255 e. The van der Waals surface area contributed by atoms with Crippen LogP contribution >= 0.6 is 0 Å². The van der Waals surface area contributed by atoms with Gasteiger partial charge in [0.25, 0.3) is 11.8 Å². The van der Waals surface area contributed by atoms with E-state index in [9.17, 15) is 57.8 Å². The number of nitrogens with zero attached hydrogens (tertiary/aromatic N) is 6. The van der Waals surface area contributed by atoms with Gasteiger partial charge in [0, 0.05) is 61.2 Å². The number of rotatable bonds is 13. The molecule has 13 atom stereocenters. The van der Waals surface area contributed by atoms with Crippen LogP contribution in [0.15, 0.2) is 60.7 Å². The van der Waals surface area contributed by atoms with E-state index in [-0.39, 0.29) is 50.6 Å². The second-order valence-corrected chi connectivity index (χ2v) is 26.2. The Labute approximate surface area is 543 Å². The van der Waals surface area contributed by atoms with Crippen molar-refractivity contribution in [2.75, 3.05) is 48.3 Å². The van der Waals surface area contributed by atoms with Crippen LogP contribution in [0.3, 0.4) is 0 Å². The molecule has 7 N–H and O–H groups in total. The molecule has 2 heterocycles. The van der Waals surface area contributed by atoms with Crippen LogP contribution < -0.4 is 31.9 Å². The molecule has 510 valence electrons. The number of hydrogen-bond acceptors (Lipinski definition) is 13. The van der Waals surface area contributed by atoms with Gasteiger partial charge in [-0.25, -0.2) is 0 Å². The Balaban J connectivity index is 1.92. The third-order valence-electron chi connectivity index (χ3n) is 17.7. The van der Waals surface area contributed by atoms with E-state index in [0.29, 0.717) is 30.4 Å².